The predicted molar refractivity (Wildman–Crippen MR) is 136 cm³/mol. The number of benzene rings is 2. The molecule has 0 aliphatic heterocycles. The van der Waals surface area contributed by atoms with Gasteiger partial charge in [-0.05, 0) is 90.2 Å². The molecule has 0 spiro atoms. The molecule has 190 valence electrons. The minimum Gasteiger partial charge on any atom is -0.743 e. The molecule has 1 N–H and O–H groups in total. The zero-order valence-electron chi connectivity index (χ0n) is 18.4. The zero-order valence-corrected chi connectivity index (χ0v) is 23.5. The lowest BCUT2D eigenvalue weighted by molar-refractivity contribution is -0.00992. The first-order valence-electron chi connectivity index (χ1n) is 9.56. The third-order valence-corrected chi connectivity index (χ3v) is 6.36. The molecule has 0 radical (unpaired) electrons. The quantitative estimate of drug-likeness (QED) is 0.251. The summed E-state index contributed by atoms with van der Waals surface area (Å²) in [6.45, 7) is 2.96. The van der Waals surface area contributed by atoms with Crippen LogP contribution >= 0.6 is 45.2 Å². The van der Waals surface area contributed by atoms with E-state index in [4.69, 9.17) is 4.74 Å². The third-order valence-electron chi connectivity index (χ3n) is 4.04. The summed E-state index contributed by atoms with van der Waals surface area (Å²) >= 11 is 3.61. The second-order valence-electron chi connectivity index (χ2n) is 7.98. The van der Waals surface area contributed by atoms with Crippen molar-refractivity contribution in [3.05, 3.63) is 60.2 Å². The van der Waals surface area contributed by atoms with E-state index in [1.165, 1.54) is 30.3 Å². The van der Waals surface area contributed by atoms with E-state index >= 15 is 0 Å². The summed E-state index contributed by atoms with van der Waals surface area (Å²) in [5.74, 6) is -2.98. The van der Waals surface area contributed by atoms with E-state index in [1.807, 2.05) is 22.6 Å². The number of alkyl halides is 2. The summed E-state index contributed by atoms with van der Waals surface area (Å²) in [5.41, 5.74) is -1.47. The molecule has 14 heteroatoms. The van der Waals surface area contributed by atoms with Gasteiger partial charge in [-0.2, -0.15) is 8.78 Å². The van der Waals surface area contributed by atoms with Gasteiger partial charge in [0.1, 0.15) is 5.60 Å². The number of anilines is 1. The van der Waals surface area contributed by atoms with Gasteiger partial charge in [-0.1, -0.05) is 12.1 Å². The number of hydrogen-bond donors (Lipinski definition) is 1. The molecular formula is C21H18F2I2NO8S-. The minimum absolute atomic E-state index is 0.0511. The number of nitrogens with one attached hydrogen (secondary N) is 1. The Morgan fingerprint density at radius 2 is 1.57 bits per heavy atom. The van der Waals surface area contributed by atoms with Crippen LogP contribution in [0.3, 0.4) is 0 Å². The van der Waals surface area contributed by atoms with Crippen molar-refractivity contribution in [2.45, 2.75) is 31.6 Å². The van der Waals surface area contributed by atoms with E-state index in [0.29, 0.717) is 7.14 Å². The molecule has 0 aliphatic carbocycles. The van der Waals surface area contributed by atoms with E-state index in [9.17, 15) is 36.1 Å². The fourth-order valence-electron chi connectivity index (χ4n) is 2.53. The number of carbonyl (C=O) groups excluding carboxylic acids is 3. The van der Waals surface area contributed by atoms with Gasteiger partial charge in [-0.25, -0.2) is 18.0 Å². The number of hydrogen-bond acceptors (Lipinski definition) is 8. The summed E-state index contributed by atoms with van der Waals surface area (Å²) < 4.78 is 69.3. The molecule has 9 nitrogen and oxygen atoms in total. The first kappa shape index (κ1) is 29.3. The topological polar surface area (TPSA) is 139 Å². The first-order chi connectivity index (χ1) is 15.9. The Bertz CT molecular complexity index is 1280. The molecule has 0 bridgehead atoms. The summed E-state index contributed by atoms with van der Waals surface area (Å²) in [6.07, 6.45) is 0. The van der Waals surface area contributed by atoms with E-state index in [-0.39, 0.29) is 22.4 Å². The van der Waals surface area contributed by atoms with Gasteiger partial charge in [0.2, 0.25) is 0 Å². The summed E-state index contributed by atoms with van der Waals surface area (Å²) in [5, 5.41) is -2.38. The number of esters is 2. The van der Waals surface area contributed by atoms with Crippen molar-refractivity contribution in [2.24, 2.45) is 0 Å². The lowest BCUT2D eigenvalue weighted by Crippen LogP contribution is -2.35. The Morgan fingerprint density at radius 3 is 2.11 bits per heavy atom. The van der Waals surface area contributed by atoms with Gasteiger partial charge < -0.3 is 19.3 Å². The van der Waals surface area contributed by atoms with Crippen LogP contribution in [-0.4, -0.2) is 48.3 Å². The van der Waals surface area contributed by atoms with Crippen molar-refractivity contribution in [3.8, 4) is 0 Å². The van der Waals surface area contributed by atoms with E-state index in [2.05, 4.69) is 10.1 Å². The van der Waals surface area contributed by atoms with Crippen LogP contribution in [0.2, 0.25) is 0 Å². The fourth-order valence-corrected chi connectivity index (χ4v) is 4.72. The predicted octanol–water partition coefficient (Wildman–Crippen LogP) is 4.40. The minimum atomic E-state index is -6.06. The number of halogens is 4. The molecule has 2 aromatic carbocycles. The highest BCUT2D eigenvalue weighted by molar-refractivity contribution is 14.1. The highest BCUT2D eigenvalue weighted by Crippen LogP contribution is 2.29. The van der Waals surface area contributed by atoms with Crippen LogP contribution in [0.25, 0.3) is 0 Å². The Hall–Kier alpha value is -1.92. The Labute approximate surface area is 227 Å². The highest BCUT2D eigenvalue weighted by atomic mass is 127. The van der Waals surface area contributed by atoms with Crippen molar-refractivity contribution in [3.63, 3.8) is 0 Å². The summed E-state index contributed by atoms with van der Waals surface area (Å²) in [7, 11) is -6.06. The second-order valence-corrected chi connectivity index (χ2v) is 11.9. The van der Waals surface area contributed by atoms with Gasteiger partial charge in [0, 0.05) is 7.14 Å². The van der Waals surface area contributed by atoms with Crippen LogP contribution in [0.5, 0.6) is 0 Å². The summed E-state index contributed by atoms with van der Waals surface area (Å²) in [6, 6.07) is 8.53. The second kappa shape index (κ2) is 11.0. The number of ether oxygens (including phenoxy) is 2. The number of carbonyl (C=O) groups is 3. The molecule has 0 saturated carbocycles. The molecule has 2 aromatic rings. The van der Waals surface area contributed by atoms with Gasteiger partial charge in [0.25, 0.3) is 5.91 Å². The molecule has 0 unspecified atom stereocenters. The molecule has 0 saturated heterocycles. The summed E-state index contributed by atoms with van der Waals surface area (Å²) in [4.78, 5) is 38.1. The molecular weight excluding hydrogens is 718 g/mol. The van der Waals surface area contributed by atoms with Crippen LogP contribution in [0, 0.1) is 7.14 Å². The van der Waals surface area contributed by atoms with Crippen LogP contribution in [0.1, 0.15) is 51.8 Å². The molecule has 0 heterocycles. The van der Waals surface area contributed by atoms with E-state index in [0.717, 1.165) is 0 Å². The number of amides is 1. The molecule has 2 rings (SSSR count). The normalized spacial score (nSPS) is 12.1. The van der Waals surface area contributed by atoms with Crippen LogP contribution < -0.4 is 5.32 Å². The van der Waals surface area contributed by atoms with Crippen molar-refractivity contribution < 1.29 is 45.6 Å². The maximum atomic E-state index is 13.4. The smallest absolute Gasteiger partial charge is 0.367 e. The van der Waals surface area contributed by atoms with Gasteiger partial charge in [-0.15, -0.1) is 0 Å². The largest absolute Gasteiger partial charge is 0.743 e. The SMILES string of the molecule is CC(C)(C)OC(=O)c1ccccc1C(=O)Nc1c(I)cc(I)cc1C(=O)OCC(F)(F)S(=O)(=O)[O-]. The Kier molecular flexibility index (Phi) is 9.21. The maximum absolute atomic E-state index is 13.4. The maximum Gasteiger partial charge on any atom is 0.367 e. The molecule has 0 aromatic heterocycles. The Morgan fingerprint density at radius 1 is 1.00 bits per heavy atom. The fraction of sp³-hybridized carbons (Fsp3) is 0.286. The van der Waals surface area contributed by atoms with Crippen molar-refractivity contribution >= 4 is 78.8 Å². The van der Waals surface area contributed by atoms with Crippen LogP contribution in [0.4, 0.5) is 14.5 Å². The highest BCUT2D eigenvalue weighted by Gasteiger charge is 2.39. The Balaban J connectivity index is 2.40. The number of rotatable bonds is 7. The van der Waals surface area contributed by atoms with Crippen molar-refractivity contribution in [1.29, 1.82) is 0 Å². The zero-order chi connectivity index (χ0) is 26.8. The molecule has 35 heavy (non-hydrogen) atoms. The average molecular weight is 736 g/mol. The van der Waals surface area contributed by atoms with Gasteiger partial charge in [-0.3, -0.25) is 4.79 Å². The standard InChI is InChI=1S/C21H19F2I2NO8S/c1-20(2,3)34-19(29)13-7-5-4-6-12(13)17(27)26-16-14(8-11(24)9-15(16)25)18(28)33-10-21(22,23)35(30,31)32/h4-9H,10H2,1-3H3,(H,26,27)(H,30,31,32)/p-1. The average Bonchev–Trinajstić information content (AvgIpc) is 2.71. The van der Waals surface area contributed by atoms with Crippen LogP contribution in [-0.2, 0) is 19.6 Å². The molecule has 0 atom stereocenters. The van der Waals surface area contributed by atoms with Gasteiger partial charge >= 0.3 is 17.2 Å². The first-order valence-corrected chi connectivity index (χ1v) is 13.1. The third kappa shape index (κ3) is 7.78. The van der Waals surface area contributed by atoms with Crippen LogP contribution in [0.15, 0.2) is 36.4 Å². The lowest BCUT2D eigenvalue weighted by Gasteiger charge is -2.21. The van der Waals surface area contributed by atoms with Gasteiger partial charge in [0.05, 0.1) is 22.4 Å². The van der Waals surface area contributed by atoms with E-state index < -0.39 is 45.4 Å². The molecule has 0 fully saturated rings. The molecule has 1 amide bonds. The lowest BCUT2D eigenvalue weighted by atomic mass is 10.1. The monoisotopic (exact) mass is 736 g/mol. The molecule has 0 aliphatic rings. The van der Waals surface area contributed by atoms with Gasteiger partial charge in [0.15, 0.2) is 16.7 Å². The van der Waals surface area contributed by atoms with Crippen molar-refractivity contribution in [2.75, 3.05) is 11.9 Å². The van der Waals surface area contributed by atoms with E-state index in [1.54, 1.807) is 49.4 Å². The van der Waals surface area contributed by atoms with Crippen molar-refractivity contribution in [1.82, 2.24) is 0 Å².